The summed E-state index contributed by atoms with van der Waals surface area (Å²) in [6.45, 7) is 4.63. The summed E-state index contributed by atoms with van der Waals surface area (Å²) in [5, 5.41) is 2.09. The lowest BCUT2D eigenvalue weighted by molar-refractivity contribution is 0.0990. The van der Waals surface area contributed by atoms with Crippen molar-refractivity contribution in [3.05, 3.63) is 191 Å². The van der Waals surface area contributed by atoms with Crippen LogP contribution in [0, 0.1) is 0 Å². The van der Waals surface area contributed by atoms with Gasteiger partial charge in [0.25, 0.3) is 0 Å². The molecule has 7 aromatic carbocycles. The van der Waals surface area contributed by atoms with E-state index in [0.717, 1.165) is 44.5 Å². The van der Waals surface area contributed by atoms with E-state index in [1.807, 2.05) is 12.1 Å². The Bertz CT molecular complexity index is 2520. The van der Waals surface area contributed by atoms with Crippen molar-refractivity contribution in [2.75, 3.05) is 4.90 Å². The fourth-order valence-electron chi connectivity index (χ4n) is 7.84. The Kier molecular flexibility index (Phi) is 6.79. The molecule has 2 aliphatic carbocycles. The summed E-state index contributed by atoms with van der Waals surface area (Å²) >= 11 is 0. The van der Waals surface area contributed by atoms with Crippen molar-refractivity contribution >= 4 is 45.5 Å². The normalized spacial score (nSPS) is 14.0. The van der Waals surface area contributed by atoms with Gasteiger partial charge in [0.15, 0.2) is 11.6 Å². The standard InChI is InChI=1S/C47H33NO2/c1-47(2)42-18-10-8-15-37(42)38-25-24-35(29-43(38)47)48(44-19-11-9-14-36(44)31-12-4-3-5-13-31)34-23-22-32-26-30(20-21-33(32)28-34)27-41-45(49)39-16-6-7-17-40(39)46(41)50/h3-29H,1-2H3. The van der Waals surface area contributed by atoms with E-state index in [1.54, 1.807) is 30.3 Å². The van der Waals surface area contributed by atoms with E-state index in [-0.39, 0.29) is 22.6 Å². The van der Waals surface area contributed by atoms with Gasteiger partial charge in [0.1, 0.15) is 0 Å². The van der Waals surface area contributed by atoms with E-state index < -0.39 is 0 Å². The van der Waals surface area contributed by atoms with Gasteiger partial charge in [-0.1, -0.05) is 135 Å². The highest BCUT2D eigenvalue weighted by Crippen LogP contribution is 2.51. The van der Waals surface area contributed by atoms with Crippen molar-refractivity contribution in [1.29, 1.82) is 0 Å². The van der Waals surface area contributed by atoms with Gasteiger partial charge in [-0.2, -0.15) is 0 Å². The van der Waals surface area contributed by atoms with Crippen molar-refractivity contribution in [1.82, 2.24) is 0 Å². The third kappa shape index (κ3) is 4.66. The first-order chi connectivity index (χ1) is 24.4. The molecule has 0 aromatic heterocycles. The second-order valence-electron chi connectivity index (χ2n) is 13.7. The highest BCUT2D eigenvalue weighted by molar-refractivity contribution is 6.41. The number of Topliss-reactive ketones (excluding diaryl/α,β-unsaturated/α-hetero) is 2. The molecule has 0 amide bonds. The minimum absolute atomic E-state index is 0.135. The van der Waals surface area contributed by atoms with Gasteiger partial charge in [0.05, 0.1) is 11.3 Å². The second-order valence-corrected chi connectivity index (χ2v) is 13.7. The average molecular weight is 644 g/mol. The van der Waals surface area contributed by atoms with Gasteiger partial charge in [-0.25, -0.2) is 0 Å². The number of anilines is 3. The van der Waals surface area contributed by atoms with Crippen molar-refractivity contribution in [2.24, 2.45) is 0 Å². The van der Waals surface area contributed by atoms with Crippen LogP contribution in [0.5, 0.6) is 0 Å². The van der Waals surface area contributed by atoms with Crippen LogP contribution in [0.4, 0.5) is 17.1 Å². The molecular formula is C47H33NO2. The molecule has 0 bridgehead atoms. The molecule has 0 saturated carbocycles. The molecule has 0 spiro atoms. The van der Waals surface area contributed by atoms with Crippen LogP contribution in [-0.2, 0) is 5.41 Å². The summed E-state index contributed by atoms with van der Waals surface area (Å²) in [6, 6.07) is 54.4. The zero-order valence-electron chi connectivity index (χ0n) is 27.9. The molecule has 0 fully saturated rings. The largest absolute Gasteiger partial charge is 0.310 e. The average Bonchev–Trinajstić information content (AvgIpc) is 3.53. The van der Waals surface area contributed by atoms with Gasteiger partial charge >= 0.3 is 0 Å². The number of hydrogen-bond donors (Lipinski definition) is 0. The fraction of sp³-hybridized carbons (Fsp3) is 0.0638. The van der Waals surface area contributed by atoms with E-state index in [0.29, 0.717) is 11.1 Å². The molecule has 0 aliphatic heterocycles. The van der Waals surface area contributed by atoms with Crippen LogP contribution in [0.2, 0.25) is 0 Å². The lowest BCUT2D eigenvalue weighted by Crippen LogP contribution is -2.16. The van der Waals surface area contributed by atoms with Gasteiger partial charge < -0.3 is 4.90 Å². The first kappa shape index (κ1) is 29.8. The van der Waals surface area contributed by atoms with Crippen LogP contribution in [0.15, 0.2) is 163 Å². The molecule has 7 aromatic rings. The summed E-state index contributed by atoms with van der Waals surface area (Å²) in [5.74, 6) is -0.427. The summed E-state index contributed by atoms with van der Waals surface area (Å²) in [4.78, 5) is 28.5. The minimum Gasteiger partial charge on any atom is -0.310 e. The lowest BCUT2D eigenvalue weighted by atomic mass is 9.82. The lowest BCUT2D eigenvalue weighted by Gasteiger charge is -2.30. The molecule has 9 rings (SSSR count). The van der Waals surface area contributed by atoms with E-state index in [2.05, 4.69) is 140 Å². The number of carbonyl (C=O) groups is 2. The number of nitrogens with zero attached hydrogens (tertiary/aromatic N) is 1. The zero-order chi connectivity index (χ0) is 34.0. The van der Waals surface area contributed by atoms with E-state index >= 15 is 0 Å². The molecule has 0 atom stereocenters. The highest BCUT2D eigenvalue weighted by Gasteiger charge is 2.36. The third-order valence-electron chi connectivity index (χ3n) is 10.4. The summed E-state index contributed by atoms with van der Waals surface area (Å²) in [6.07, 6.45) is 1.73. The third-order valence-corrected chi connectivity index (χ3v) is 10.4. The number of hydrogen-bond acceptors (Lipinski definition) is 3. The topological polar surface area (TPSA) is 37.4 Å². The van der Waals surface area contributed by atoms with Gasteiger partial charge in [0.2, 0.25) is 0 Å². The highest BCUT2D eigenvalue weighted by atomic mass is 16.2. The molecule has 0 radical (unpaired) electrons. The van der Waals surface area contributed by atoms with Gasteiger partial charge in [0, 0.05) is 33.5 Å². The van der Waals surface area contributed by atoms with E-state index in [4.69, 9.17) is 0 Å². The molecule has 50 heavy (non-hydrogen) atoms. The van der Waals surface area contributed by atoms with Crippen molar-refractivity contribution in [3.8, 4) is 22.3 Å². The Morgan fingerprint density at radius 1 is 0.480 bits per heavy atom. The van der Waals surface area contributed by atoms with Crippen molar-refractivity contribution in [2.45, 2.75) is 19.3 Å². The van der Waals surface area contributed by atoms with Gasteiger partial charge in [-0.3, -0.25) is 9.59 Å². The first-order valence-corrected chi connectivity index (χ1v) is 17.0. The van der Waals surface area contributed by atoms with Crippen LogP contribution in [-0.4, -0.2) is 11.6 Å². The predicted octanol–water partition coefficient (Wildman–Crippen LogP) is 11.7. The smallest absolute Gasteiger partial charge is 0.197 e. The Morgan fingerprint density at radius 3 is 1.80 bits per heavy atom. The molecular weight excluding hydrogens is 611 g/mol. The van der Waals surface area contributed by atoms with Crippen LogP contribution < -0.4 is 4.90 Å². The van der Waals surface area contributed by atoms with Crippen molar-refractivity contribution < 1.29 is 9.59 Å². The fourth-order valence-corrected chi connectivity index (χ4v) is 7.84. The number of rotatable bonds is 5. The predicted molar refractivity (Wildman–Crippen MR) is 205 cm³/mol. The van der Waals surface area contributed by atoms with Crippen LogP contribution in [0.1, 0.15) is 51.3 Å². The van der Waals surface area contributed by atoms with E-state index in [9.17, 15) is 9.59 Å². The number of allylic oxidation sites excluding steroid dienone is 1. The maximum Gasteiger partial charge on any atom is 0.197 e. The molecule has 0 saturated heterocycles. The monoisotopic (exact) mass is 643 g/mol. The Hall–Kier alpha value is -6.32. The number of ketones is 2. The number of carbonyl (C=O) groups excluding carboxylic acids is 2. The maximum absolute atomic E-state index is 13.1. The zero-order valence-corrected chi connectivity index (χ0v) is 27.9. The van der Waals surface area contributed by atoms with Gasteiger partial charge in [-0.05, 0) is 86.6 Å². The first-order valence-electron chi connectivity index (χ1n) is 17.0. The summed E-state index contributed by atoms with van der Waals surface area (Å²) in [7, 11) is 0. The van der Waals surface area contributed by atoms with Crippen LogP contribution in [0.25, 0.3) is 39.1 Å². The Balaban J connectivity index is 1.17. The molecule has 0 unspecified atom stereocenters. The maximum atomic E-state index is 13.1. The quantitative estimate of drug-likeness (QED) is 0.138. The van der Waals surface area contributed by atoms with Crippen molar-refractivity contribution in [3.63, 3.8) is 0 Å². The molecule has 0 heterocycles. The molecule has 3 heteroatoms. The summed E-state index contributed by atoms with van der Waals surface area (Å²) in [5.41, 5.74) is 12.6. The summed E-state index contributed by atoms with van der Waals surface area (Å²) < 4.78 is 0. The number of para-hydroxylation sites is 1. The molecule has 3 nitrogen and oxygen atoms in total. The Morgan fingerprint density at radius 2 is 1.04 bits per heavy atom. The molecule has 238 valence electrons. The van der Waals surface area contributed by atoms with Crippen LogP contribution >= 0.6 is 0 Å². The van der Waals surface area contributed by atoms with Crippen LogP contribution in [0.3, 0.4) is 0 Å². The minimum atomic E-state index is -0.214. The van der Waals surface area contributed by atoms with E-state index in [1.165, 1.54) is 22.3 Å². The van der Waals surface area contributed by atoms with Gasteiger partial charge in [-0.15, -0.1) is 0 Å². The number of benzene rings is 7. The molecule has 2 aliphatic rings. The Labute approximate surface area is 291 Å². The second kappa shape index (κ2) is 11.4. The molecule has 0 N–H and O–H groups in total. The number of fused-ring (bicyclic) bond motifs is 5. The SMILES string of the molecule is CC1(C)c2ccccc2-c2ccc(N(c3ccc4cc(C=C5C(=O)c6ccccc6C5=O)ccc4c3)c3ccccc3-c3ccccc3)cc21.